The van der Waals surface area contributed by atoms with Gasteiger partial charge in [-0.05, 0) is 6.92 Å². The first-order chi connectivity index (χ1) is 3.27. The van der Waals surface area contributed by atoms with Crippen molar-refractivity contribution in [1.82, 2.24) is 5.32 Å². The summed E-state index contributed by atoms with van der Waals surface area (Å²) in [4.78, 5) is 0. The second-order valence-electron chi connectivity index (χ2n) is 1.59. The topological polar surface area (TPSA) is 38.0 Å². The molecule has 0 aromatic rings. The smallest absolute Gasteiger partial charge is 0.0431 e. The molecule has 3 N–H and O–H groups in total. The average molecular weight is 100 g/mol. The van der Waals surface area contributed by atoms with Gasteiger partial charge in [-0.15, -0.1) is 0 Å². The van der Waals surface area contributed by atoms with Crippen LogP contribution in [-0.4, -0.2) is 13.2 Å². The van der Waals surface area contributed by atoms with Gasteiger partial charge < -0.3 is 11.1 Å². The van der Waals surface area contributed by atoms with Crippen molar-refractivity contribution in [3.05, 3.63) is 12.2 Å². The second-order valence-corrected chi connectivity index (χ2v) is 1.59. The molecule has 42 valence electrons. The summed E-state index contributed by atoms with van der Waals surface area (Å²) >= 11 is 0. The first-order valence-electron chi connectivity index (χ1n) is 2.32. The normalized spacial score (nSPS) is 8.86. The predicted molar refractivity (Wildman–Crippen MR) is 31.9 cm³/mol. The predicted octanol–water partition coefficient (Wildman–Crippen LogP) is 0.0683. The van der Waals surface area contributed by atoms with Gasteiger partial charge in [-0.2, -0.15) is 0 Å². The first kappa shape index (κ1) is 6.66. The molecular weight excluding hydrogens is 88.1 g/mol. The zero-order valence-electron chi connectivity index (χ0n) is 4.70. The molecule has 0 radical (unpaired) electrons. The Balaban J connectivity index is 2.82. The van der Waals surface area contributed by atoms with Gasteiger partial charge in [0.25, 0.3) is 0 Å². The van der Waals surface area contributed by atoms with E-state index in [2.05, 4.69) is 11.9 Å². The summed E-state index contributed by atoms with van der Waals surface area (Å²) in [5.41, 5.74) is 6.24. The van der Waals surface area contributed by atoms with Crippen LogP contribution in [0.2, 0.25) is 0 Å². The summed E-state index contributed by atoms with van der Waals surface area (Å²) in [6.45, 7) is 7.00. The van der Waals surface area contributed by atoms with Gasteiger partial charge in [0.05, 0.1) is 0 Å². The largest absolute Gasteiger partial charge is 0.318 e. The summed E-state index contributed by atoms with van der Waals surface area (Å²) < 4.78 is 0. The summed E-state index contributed by atoms with van der Waals surface area (Å²) in [5, 5.41) is 2.93. The molecule has 0 saturated heterocycles. The molecule has 0 rings (SSSR count). The van der Waals surface area contributed by atoms with E-state index in [0.717, 1.165) is 12.1 Å². The zero-order valence-corrected chi connectivity index (χ0v) is 4.70. The molecule has 0 heterocycles. The highest BCUT2D eigenvalue weighted by Crippen LogP contribution is 1.78. The third kappa shape index (κ3) is 5.66. The van der Waals surface area contributed by atoms with Crippen molar-refractivity contribution in [2.75, 3.05) is 13.2 Å². The van der Waals surface area contributed by atoms with Crippen LogP contribution >= 0.6 is 0 Å². The lowest BCUT2D eigenvalue weighted by molar-refractivity contribution is 0.756. The van der Waals surface area contributed by atoms with Crippen LogP contribution in [-0.2, 0) is 0 Å². The van der Waals surface area contributed by atoms with Crippen LogP contribution in [0.15, 0.2) is 12.2 Å². The van der Waals surface area contributed by atoms with Crippen molar-refractivity contribution in [1.29, 1.82) is 0 Å². The average Bonchev–Trinajstić information content (AvgIpc) is 1.61. The minimum Gasteiger partial charge on any atom is -0.318 e. The molecule has 2 heteroatoms. The maximum absolute atomic E-state index is 5.12. The van der Waals surface area contributed by atoms with E-state index in [1.54, 1.807) is 0 Å². The van der Waals surface area contributed by atoms with E-state index < -0.39 is 0 Å². The molecular formula is C5H12N2. The molecule has 2 nitrogen and oxygen atoms in total. The minimum atomic E-state index is 0.535. The van der Waals surface area contributed by atoms with Crippen LogP contribution in [0.4, 0.5) is 0 Å². The molecule has 0 saturated carbocycles. The zero-order chi connectivity index (χ0) is 5.70. The number of rotatable bonds is 3. The Labute approximate surface area is 44.4 Å². The van der Waals surface area contributed by atoms with Crippen molar-refractivity contribution < 1.29 is 0 Å². The monoisotopic (exact) mass is 100 g/mol. The van der Waals surface area contributed by atoms with Gasteiger partial charge in [0.15, 0.2) is 0 Å². The van der Waals surface area contributed by atoms with Crippen molar-refractivity contribution in [3.63, 3.8) is 0 Å². The van der Waals surface area contributed by atoms with E-state index in [1.807, 2.05) is 6.92 Å². The Morgan fingerprint density at radius 2 is 2.43 bits per heavy atom. The van der Waals surface area contributed by atoms with Gasteiger partial charge in [0.2, 0.25) is 0 Å². The van der Waals surface area contributed by atoms with Crippen LogP contribution in [0.3, 0.4) is 0 Å². The van der Waals surface area contributed by atoms with Gasteiger partial charge in [-0.3, -0.25) is 0 Å². The van der Waals surface area contributed by atoms with Crippen LogP contribution in [0.25, 0.3) is 0 Å². The molecule has 0 aromatic carbocycles. The summed E-state index contributed by atoms with van der Waals surface area (Å²) in [5.74, 6) is 0. The fraction of sp³-hybridized carbons (Fsp3) is 0.600. The second kappa shape index (κ2) is 3.84. The third-order valence-corrected chi connectivity index (χ3v) is 0.571. The van der Waals surface area contributed by atoms with E-state index in [-0.39, 0.29) is 0 Å². The first-order valence-corrected chi connectivity index (χ1v) is 2.32. The molecule has 0 unspecified atom stereocenters. The van der Waals surface area contributed by atoms with Crippen molar-refractivity contribution >= 4 is 0 Å². The number of hydrogen-bond acceptors (Lipinski definition) is 2. The van der Waals surface area contributed by atoms with Gasteiger partial charge in [0.1, 0.15) is 0 Å². The molecule has 0 aliphatic carbocycles. The van der Waals surface area contributed by atoms with Crippen LogP contribution in [0.5, 0.6) is 0 Å². The van der Waals surface area contributed by atoms with E-state index in [9.17, 15) is 0 Å². The molecule has 0 fully saturated rings. The SMILES string of the molecule is C=C(C)CNCN. The minimum absolute atomic E-state index is 0.535. The summed E-state index contributed by atoms with van der Waals surface area (Å²) in [6, 6.07) is 0. The Morgan fingerprint density at radius 3 is 2.57 bits per heavy atom. The van der Waals surface area contributed by atoms with Crippen LogP contribution in [0, 0.1) is 0 Å². The lowest BCUT2D eigenvalue weighted by atomic mass is 10.4. The van der Waals surface area contributed by atoms with E-state index in [4.69, 9.17) is 5.73 Å². The summed E-state index contributed by atoms with van der Waals surface area (Å²) in [6.07, 6.45) is 0. The number of nitrogens with one attached hydrogen (secondary N) is 1. The Kier molecular flexibility index (Phi) is 3.65. The lowest BCUT2D eigenvalue weighted by Gasteiger charge is -1.96. The molecule has 0 bridgehead atoms. The van der Waals surface area contributed by atoms with Crippen molar-refractivity contribution in [2.24, 2.45) is 5.73 Å². The van der Waals surface area contributed by atoms with Crippen LogP contribution in [0.1, 0.15) is 6.92 Å². The molecule has 0 aromatic heterocycles. The molecule has 0 atom stereocenters. The lowest BCUT2D eigenvalue weighted by Crippen LogP contribution is -2.23. The Hall–Kier alpha value is -0.340. The highest BCUT2D eigenvalue weighted by molar-refractivity contribution is 4.89. The number of nitrogens with two attached hydrogens (primary N) is 1. The highest BCUT2D eigenvalue weighted by Gasteiger charge is 1.78. The van der Waals surface area contributed by atoms with E-state index >= 15 is 0 Å². The standard InChI is InChI=1S/C5H12N2/c1-5(2)3-7-4-6/h7H,1,3-4,6H2,2H3. The molecule has 7 heavy (non-hydrogen) atoms. The maximum atomic E-state index is 5.12. The molecule has 0 aliphatic heterocycles. The number of hydrogen-bond donors (Lipinski definition) is 2. The van der Waals surface area contributed by atoms with Crippen molar-refractivity contribution in [3.8, 4) is 0 Å². The fourth-order valence-electron chi connectivity index (χ4n) is 0.286. The van der Waals surface area contributed by atoms with E-state index in [0.29, 0.717) is 6.67 Å². The molecule has 0 aliphatic rings. The van der Waals surface area contributed by atoms with Crippen molar-refractivity contribution in [2.45, 2.75) is 6.92 Å². The Morgan fingerprint density at radius 1 is 1.86 bits per heavy atom. The van der Waals surface area contributed by atoms with Gasteiger partial charge in [-0.1, -0.05) is 12.2 Å². The maximum Gasteiger partial charge on any atom is 0.0431 e. The molecule has 0 spiro atoms. The van der Waals surface area contributed by atoms with Gasteiger partial charge in [0, 0.05) is 13.2 Å². The van der Waals surface area contributed by atoms with E-state index in [1.165, 1.54) is 0 Å². The third-order valence-electron chi connectivity index (χ3n) is 0.571. The van der Waals surface area contributed by atoms with Gasteiger partial charge >= 0.3 is 0 Å². The summed E-state index contributed by atoms with van der Waals surface area (Å²) in [7, 11) is 0. The van der Waals surface area contributed by atoms with Crippen LogP contribution < -0.4 is 11.1 Å². The van der Waals surface area contributed by atoms with Gasteiger partial charge in [-0.25, -0.2) is 0 Å². The quantitative estimate of drug-likeness (QED) is 0.389. The Bertz CT molecular complexity index is 59.1. The molecule has 0 amide bonds. The fourth-order valence-corrected chi connectivity index (χ4v) is 0.286. The highest BCUT2D eigenvalue weighted by atomic mass is 14.9.